The second-order valence-electron chi connectivity index (χ2n) is 1.56. The van der Waals surface area contributed by atoms with Crippen LogP contribution in [-0.2, 0) is 4.74 Å². The first-order valence-corrected chi connectivity index (χ1v) is 2.73. The third-order valence-corrected chi connectivity index (χ3v) is 0.892. The Morgan fingerprint density at radius 3 is 2.56 bits per heavy atom. The molecule has 3 nitrogen and oxygen atoms in total. The van der Waals surface area contributed by atoms with E-state index in [2.05, 4.69) is 4.99 Å². The molecule has 0 radical (unpaired) electrons. The minimum Gasteiger partial charge on any atom is -0.432 e. The molecule has 0 heterocycles. The number of rotatable bonds is 1. The number of aliphatic imine (C=N–C) groups is 1. The van der Waals surface area contributed by atoms with Gasteiger partial charge in [0.05, 0.1) is 0 Å². The number of nitrogens with two attached hydrogens (primary N) is 1. The number of allylic oxidation sites excluding steroid dienone is 2. The van der Waals surface area contributed by atoms with Crippen LogP contribution in [0.2, 0.25) is 0 Å². The largest absolute Gasteiger partial charge is 0.432 e. The van der Waals surface area contributed by atoms with E-state index in [-0.39, 0.29) is 6.02 Å². The van der Waals surface area contributed by atoms with Crippen molar-refractivity contribution in [3.05, 3.63) is 11.8 Å². The van der Waals surface area contributed by atoms with E-state index in [1.165, 1.54) is 0 Å². The summed E-state index contributed by atoms with van der Waals surface area (Å²) in [7, 11) is 1.58. The molecule has 0 saturated carbocycles. The highest BCUT2D eigenvalue weighted by molar-refractivity contribution is 5.72. The monoisotopic (exact) mass is 128 g/mol. The molecule has 0 aliphatic heterocycles. The lowest BCUT2D eigenvalue weighted by atomic mass is 10.5. The minimum atomic E-state index is 0.200. The summed E-state index contributed by atoms with van der Waals surface area (Å²) in [6.07, 6.45) is 1.82. The quantitative estimate of drug-likeness (QED) is 0.323. The fourth-order valence-corrected chi connectivity index (χ4v) is 0.270. The maximum Gasteiger partial charge on any atom is 0.286 e. The highest BCUT2D eigenvalue weighted by atomic mass is 16.5. The molecule has 52 valence electrons. The van der Waals surface area contributed by atoms with Gasteiger partial charge in [-0.2, -0.15) is 0 Å². The summed E-state index contributed by atoms with van der Waals surface area (Å²) in [5.74, 6) is 0.762. The first-order chi connectivity index (χ1) is 4.20. The molecule has 0 aliphatic carbocycles. The van der Waals surface area contributed by atoms with Crippen molar-refractivity contribution in [3.8, 4) is 0 Å². The average Bonchev–Trinajstić information content (AvgIpc) is 1.87. The Labute approximate surface area is 55.2 Å². The van der Waals surface area contributed by atoms with Crippen LogP contribution >= 0.6 is 0 Å². The summed E-state index contributed by atoms with van der Waals surface area (Å²) in [5, 5.41) is 0. The molecule has 0 bridgehead atoms. The number of hydrogen-bond donors (Lipinski definition) is 1. The lowest BCUT2D eigenvalue weighted by Gasteiger charge is -2.00. The molecule has 0 rings (SSSR count). The number of nitrogens with zero attached hydrogens (tertiary/aromatic N) is 1. The van der Waals surface area contributed by atoms with E-state index in [0.717, 1.165) is 5.76 Å². The molecular formula is C6H12N2O. The van der Waals surface area contributed by atoms with E-state index in [1.807, 2.05) is 19.9 Å². The van der Waals surface area contributed by atoms with Crippen molar-refractivity contribution in [2.75, 3.05) is 7.05 Å². The zero-order valence-electron chi connectivity index (χ0n) is 6.01. The SMILES string of the molecule is C/C=C(/C)OC(N)=NC. The van der Waals surface area contributed by atoms with Crippen LogP contribution in [0.3, 0.4) is 0 Å². The van der Waals surface area contributed by atoms with Crippen molar-refractivity contribution >= 4 is 6.02 Å². The second-order valence-corrected chi connectivity index (χ2v) is 1.56. The van der Waals surface area contributed by atoms with Crippen LogP contribution in [0.1, 0.15) is 13.8 Å². The van der Waals surface area contributed by atoms with E-state index in [1.54, 1.807) is 7.05 Å². The van der Waals surface area contributed by atoms with Crippen molar-refractivity contribution in [2.45, 2.75) is 13.8 Å². The minimum absolute atomic E-state index is 0.200. The molecular weight excluding hydrogens is 116 g/mol. The molecule has 0 unspecified atom stereocenters. The first kappa shape index (κ1) is 8.01. The summed E-state index contributed by atoms with van der Waals surface area (Å²) in [6, 6.07) is 0.200. The Morgan fingerprint density at radius 2 is 2.22 bits per heavy atom. The van der Waals surface area contributed by atoms with Crippen LogP contribution in [0.5, 0.6) is 0 Å². The summed E-state index contributed by atoms with van der Waals surface area (Å²) >= 11 is 0. The van der Waals surface area contributed by atoms with Crippen molar-refractivity contribution < 1.29 is 4.74 Å². The maximum atomic E-state index is 5.24. The fraction of sp³-hybridized carbons (Fsp3) is 0.500. The Bertz CT molecular complexity index is 122. The zero-order valence-corrected chi connectivity index (χ0v) is 6.01. The molecule has 0 aromatic rings. The number of amidine groups is 1. The average molecular weight is 128 g/mol. The van der Waals surface area contributed by atoms with Crippen molar-refractivity contribution in [1.29, 1.82) is 0 Å². The van der Waals surface area contributed by atoms with Crippen LogP contribution < -0.4 is 5.73 Å². The Morgan fingerprint density at radius 1 is 1.67 bits per heavy atom. The zero-order chi connectivity index (χ0) is 7.28. The lowest BCUT2D eigenvalue weighted by Crippen LogP contribution is -2.14. The molecule has 2 N–H and O–H groups in total. The van der Waals surface area contributed by atoms with Crippen LogP contribution in [0.4, 0.5) is 0 Å². The molecule has 9 heavy (non-hydrogen) atoms. The van der Waals surface area contributed by atoms with E-state index in [4.69, 9.17) is 10.5 Å². The number of hydrogen-bond acceptors (Lipinski definition) is 2. The molecule has 3 heteroatoms. The summed E-state index contributed by atoms with van der Waals surface area (Å²) < 4.78 is 4.94. The molecule has 0 saturated heterocycles. The van der Waals surface area contributed by atoms with Gasteiger partial charge in [-0.3, -0.25) is 0 Å². The molecule has 0 fully saturated rings. The summed E-state index contributed by atoms with van der Waals surface area (Å²) in [6.45, 7) is 3.69. The smallest absolute Gasteiger partial charge is 0.286 e. The standard InChI is InChI=1S/C6H12N2O/c1-4-5(2)9-6(7)8-3/h4H,1-3H3,(H2,7,8)/b5-4-. The van der Waals surface area contributed by atoms with Crippen molar-refractivity contribution in [3.63, 3.8) is 0 Å². The van der Waals surface area contributed by atoms with E-state index in [9.17, 15) is 0 Å². The Kier molecular flexibility index (Phi) is 3.51. The fourth-order valence-electron chi connectivity index (χ4n) is 0.270. The highest BCUT2D eigenvalue weighted by Crippen LogP contribution is 1.92. The molecule has 0 spiro atoms. The lowest BCUT2D eigenvalue weighted by molar-refractivity contribution is 0.409. The predicted octanol–water partition coefficient (Wildman–Crippen LogP) is 0.871. The van der Waals surface area contributed by atoms with Gasteiger partial charge in [-0.1, -0.05) is 0 Å². The third-order valence-electron chi connectivity index (χ3n) is 0.892. The maximum absolute atomic E-state index is 5.24. The number of ether oxygens (including phenoxy) is 1. The molecule has 0 aromatic carbocycles. The van der Waals surface area contributed by atoms with Gasteiger partial charge in [0.1, 0.15) is 5.76 Å². The van der Waals surface area contributed by atoms with E-state index < -0.39 is 0 Å². The van der Waals surface area contributed by atoms with E-state index >= 15 is 0 Å². The van der Waals surface area contributed by atoms with Gasteiger partial charge in [0.25, 0.3) is 6.02 Å². The van der Waals surface area contributed by atoms with Crippen LogP contribution in [-0.4, -0.2) is 13.1 Å². The van der Waals surface area contributed by atoms with Crippen LogP contribution in [0.15, 0.2) is 16.8 Å². The van der Waals surface area contributed by atoms with Crippen molar-refractivity contribution in [1.82, 2.24) is 0 Å². The molecule has 0 aromatic heterocycles. The highest BCUT2D eigenvalue weighted by Gasteiger charge is 1.89. The summed E-state index contributed by atoms with van der Waals surface area (Å²) in [4.78, 5) is 3.61. The van der Waals surface area contributed by atoms with Gasteiger partial charge < -0.3 is 10.5 Å². The third kappa shape index (κ3) is 3.58. The Balaban J connectivity index is 3.75. The van der Waals surface area contributed by atoms with E-state index in [0.29, 0.717) is 0 Å². The van der Waals surface area contributed by atoms with Crippen LogP contribution in [0.25, 0.3) is 0 Å². The van der Waals surface area contributed by atoms with Gasteiger partial charge >= 0.3 is 0 Å². The predicted molar refractivity (Wildman–Crippen MR) is 38.1 cm³/mol. The van der Waals surface area contributed by atoms with Gasteiger partial charge in [0.2, 0.25) is 0 Å². The van der Waals surface area contributed by atoms with Gasteiger partial charge in [-0.15, -0.1) is 0 Å². The van der Waals surface area contributed by atoms with Crippen molar-refractivity contribution in [2.24, 2.45) is 10.7 Å². The topological polar surface area (TPSA) is 47.6 Å². The first-order valence-electron chi connectivity index (χ1n) is 2.73. The molecule has 0 amide bonds. The normalized spacial score (nSPS) is 13.7. The van der Waals surface area contributed by atoms with Gasteiger partial charge in [0.15, 0.2) is 0 Å². The van der Waals surface area contributed by atoms with Gasteiger partial charge in [0, 0.05) is 7.05 Å². The summed E-state index contributed by atoms with van der Waals surface area (Å²) in [5.41, 5.74) is 5.24. The Hall–Kier alpha value is -0.990. The second kappa shape index (κ2) is 3.95. The van der Waals surface area contributed by atoms with Crippen LogP contribution in [0, 0.1) is 0 Å². The van der Waals surface area contributed by atoms with Gasteiger partial charge in [-0.25, -0.2) is 4.99 Å². The van der Waals surface area contributed by atoms with Gasteiger partial charge in [-0.05, 0) is 19.9 Å². The molecule has 0 aliphatic rings. The molecule has 0 atom stereocenters.